The van der Waals surface area contributed by atoms with Crippen molar-refractivity contribution >= 4 is 17.5 Å². The summed E-state index contributed by atoms with van der Waals surface area (Å²) in [4.78, 5) is 12.3. The molecule has 0 spiro atoms. The Hall–Kier alpha value is -1.57. The van der Waals surface area contributed by atoms with E-state index in [1.165, 1.54) is 0 Å². The first-order valence-electron chi connectivity index (χ1n) is 4.55. The molecule has 0 atom stereocenters. The van der Waals surface area contributed by atoms with Crippen LogP contribution < -0.4 is 4.90 Å². The summed E-state index contributed by atoms with van der Waals surface area (Å²) in [5.41, 5.74) is 3.24. The van der Waals surface area contributed by atoms with Gasteiger partial charge in [0.15, 0.2) is 0 Å². The molecule has 0 saturated heterocycles. The summed E-state index contributed by atoms with van der Waals surface area (Å²) in [5, 5.41) is 0. The summed E-state index contributed by atoms with van der Waals surface area (Å²) in [6.07, 6.45) is 2.39. The Labute approximate surface area is 84.9 Å². The first-order valence-corrected chi connectivity index (χ1v) is 4.55. The third-order valence-electron chi connectivity index (χ3n) is 2.16. The van der Waals surface area contributed by atoms with Crippen molar-refractivity contribution in [2.75, 3.05) is 19.0 Å². The molecule has 2 nitrogen and oxygen atoms in total. The SMILES string of the molecule is C/C(=C\C=O)c1ccc(N(C)C)cc1. The van der Waals surface area contributed by atoms with Crippen LogP contribution in [0.1, 0.15) is 12.5 Å². The molecule has 74 valence electrons. The van der Waals surface area contributed by atoms with Gasteiger partial charge in [-0.25, -0.2) is 0 Å². The van der Waals surface area contributed by atoms with Gasteiger partial charge in [0.25, 0.3) is 0 Å². The highest BCUT2D eigenvalue weighted by molar-refractivity contribution is 5.80. The van der Waals surface area contributed by atoms with Crippen LogP contribution in [0.3, 0.4) is 0 Å². The van der Waals surface area contributed by atoms with E-state index in [0.717, 1.165) is 23.1 Å². The lowest BCUT2D eigenvalue weighted by atomic mass is 10.1. The summed E-state index contributed by atoms with van der Waals surface area (Å²) in [6.45, 7) is 1.93. The predicted octanol–water partition coefficient (Wildman–Crippen LogP) is 2.35. The van der Waals surface area contributed by atoms with E-state index in [9.17, 15) is 4.79 Å². The van der Waals surface area contributed by atoms with Gasteiger partial charge in [-0.05, 0) is 36.3 Å². The van der Waals surface area contributed by atoms with E-state index in [0.29, 0.717) is 0 Å². The molecule has 0 saturated carbocycles. The first kappa shape index (κ1) is 10.5. The van der Waals surface area contributed by atoms with Crippen molar-refractivity contribution in [2.45, 2.75) is 6.92 Å². The quantitative estimate of drug-likeness (QED) is 0.537. The van der Waals surface area contributed by atoms with Crippen molar-refractivity contribution < 1.29 is 4.79 Å². The molecule has 0 N–H and O–H groups in total. The third kappa shape index (κ3) is 2.46. The molecule has 0 aliphatic carbocycles. The van der Waals surface area contributed by atoms with Gasteiger partial charge in [0, 0.05) is 19.8 Å². The van der Waals surface area contributed by atoms with Crippen molar-refractivity contribution in [1.29, 1.82) is 0 Å². The number of carbonyl (C=O) groups excluding carboxylic acids is 1. The van der Waals surface area contributed by atoms with Gasteiger partial charge < -0.3 is 4.90 Å². The van der Waals surface area contributed by atoms with Crippen molar-refractivity contribution in [1.82, 2.24) is 0 Å². The largest absolute Gasteiger partial charge is 0.378 e. The monoisotopic (exact) mass is 189 g/mol. The Kier molecular flexibility index (Phi) is 3.46. The summed E-state index contributed by atoms with van der Waals surface area (Å²) < 4.78 is 0. The average molecular weight is 189 g/mol. The van der Waals surface area contributed by atoms with E-state index < -0.39 is 0 Å². The molecule has 1 rings (SSSR count). The number of allylic oxidation sites excluding steroid dienone is 2. The maximum atomic E-state index is 10.3. The highest BCUT2D eigenvalue weighted by Crippen LogP contribution is 2.17. The molecule has 14 heavy (non-hydrogen) atoms. The van der Waals surface area contributed by atoms with Gasteiger partial charge in [-0.3, -0.25) is 4.79 Å². The Balaban J connectivity index is 2.93. The Bertz CT molecular complexity index is 336. The lowest BCUT2D eigenvalue weighted by Gasteiger charge is -2.12. The van der Waals surface area contributed by atoms with E-state index in [1.54, 1.807) is 6.08 Å². The van der Waals surface area contributed by atoms with Gasteiger partial charge >= 0.3 is 0 Å². The van der Waals surface area contributed by atoms with Crippen LogP contribution in [0.25, 0.3) is 5.57 Å². The van der Waals surface area contributed by atoms with Crippen LogP contribution in [-0.2, 0) is 4.79 Å². The zero-order chi connectivity index (χ0) is 10.6. The minimum Gasteiger partial charge on any atom is -0.378 e. The van der Waals surface area contributed by atoms with Crippen LogP contribution >= 0.6 is 0 Å². The van der Waals surface area contributed by atoms with E-state index in [2.05, 4.69) is 0 Å². The molecule has 1 aromatic carbocycles. The van der Waals surface area contributed by atoms with E-state index in [1.807, 2.05) is 50.2 Å². The topological polar surface area (TPSA) is 20.3 Å². The van der Waals surface area contributed by atoms with Crippen LogP contribution in [-0.4, -0.2) is 20.4 Å². The number of anilines is 1. The van der Waals surface area contributed by atoms with Crippen LogP contribution in [0, 0.1) is 0 Å². The molecule has 0 aliphatic rings. The minimum atomic E-state index is 0.815. The fraction of sp³-hybridized carbons (Fsp3) is 0.250. The van der Waals surface area contributed by atoms with Crippen LogP contribution in [0.4, 0.5) is 5.69 Å². The summed E-state index contributed by atoms with van der Waals surface area (Å²) in [6, 6.07) is 8.12. The zero-order valence-corrected chi connectivity index (χ0v) is 8.82. The number of benzene rings is 1. The molecular formula is C12H15NO. The van der Waals surface area contributed by atoms with Gasteiger partial charge in [0.2, 0.25) is 0 Å². The van der Waals surface area contributed by atoms with Gasteiger partial charge in [-0.2, -0.15) is 0 Å². The summed E-state index contributed by atoms with van der Waals surface area (Å²) in [7, 11) is 4.01. The fourth-order valence-electron chi connectivity index (χ4n) is 1.22. The Morgan fingerprint density at radius 1 is 1.21 bits per heavy atom. The van der Waals surface area contributed by atoms with Crippen molar-refractivity contribution in [3.05, 3.63) is 35.9 Å². The second kappa shape index (κ2) is 4.61. The van der Waals surface area contributed by atoms with Gasteiger partial charge in [0.1, 0.15) is 6.29 Å². The molecule has 0 amide bonds. The molecule has 0 aliphatic heterocycles. The first-order chi connectivity index (χ1) is 6.65. The van der Waals surface area contributed by atoms with Crippen LogP contribution in [0.2, 0.25) is 0 Å². The Morgan fingerprint density at radius 3 is 2.21 bits per heavy atom. The molecule has 2 heteroatoms. The van der Waals surface area contributed by atoms with E-state index >= 15 is 0 Å². The fourth-order valence-corrected chi connectivity index (χ4v) is 1.22. The molecule has 0 heterocycles. The lowest BCUT2D eigenvalue weighted by Crippen LogP contribution is -2.08. The molecule has 0 fully saturated rings. The molecule has 0 unspecified atom stereocenters. The zero-order valence-electron chi connectivity index (χ0n) is 8.82. The van der Waals surface area contributed by atoms with Gasteiger partial charge in [-0.1, -0.05) is 12.1 Å². The van der Waals surface area contributed by atoms with E-state index in [-0.39, 0.29) is 0 Å². The van der Waals surface area contributed by atoms with Crippen molar-refractivity contribution in [3.63, 3.8) is 0 Å². The number of hydrogen-bond donors (Lipinski definition) is 0. The maximum absolute atomic E-state index is 10.3. The lowest BCUT2D eigenvalue weighted by molar-refractivity contribution is -0.104. The predicted molar refractivity (Wildman–Crippen MR) is 60.5 cm³/mol. The molecule has 0 radical (unpaired) electrons. The number of aldehydes is 1. The Morgan fingerprint density at radius 2 is 1.79 bits per heavy atom. The van der Waals surface area contributed by atoms with Crippen LogP contribution in [0.5, 0.6) is 0 Å². The van der Waals surface area contributed by atoms with Crippen molar-refractivity contribution in [2.24, 2.45) is 0 Å². The standard InChI is InChI=1S/C12H15NO/c1-10(8-9-14)11-4-6-12(7-5-11)13(2)3/h4-9H,1-3H3/b10-8+. The summed E-state index contributed by atoms with van der Waals surface area (Å²) in [5.74, 6) is 0. The van der Waals surface area contributed by atoms with Gasteiger partial charge in [0.05, 0.1) is 0 Å². The average Bonchev–Trinajstić information content (AvgIpc) is 2.18. The normalized spacial score (nSPS) is 11.2. The highest BCUT2D eigenvalue weighted by Gasteiger charge is 1.97. The highest BCUT2D eigenvalue weighted by atomic mass is 16.1. The van der Waals surface area contributed by atoms with Crippen LogP contribution in [0.15, 0.2) is 30.3 Å². The number of rotatable bonds is 3. The van der Waals surface area contributed by atoms with Gasteiger partial charge in [-0.15, -0.1) is 0 Å². The number of nitrogens with zero attached hydrogens (tertiary/aromatic N) is 1. The number of carbonyl (C=O) groups is 1. The number of hydrogen-bond acceptors (Lipinski definition) is 2. The smallest absolute Gasteiger partial charge is 0.143 e. The molecule has 0 bridgehead atoms. The second-order valence-electron chi connectivity index (χ2n) is 3.43. The van der Waals surface area contributed by atoms with Crippen molar-refractivity contribution in [3.8, 4) is 0 Å². The summed E-state index contributed by atoms with van der Waals surface area (Å²) >= 11 is 0. The minimum absolute atomic E-state index is 0.815. The van der Waals surface area contributed by atoms with E-state index in [4.69, 9.17) is 0 Å². The third-order valence-corrected chi connectivity index (χ3v) is 2.16. The second-order valence-corrected chi connectivity index (χ2v) is 3.43. The maximum Gasteiger partial charge on any atom is 0.143 e. The molecule has 1 aromatic rings. The molecular weight excluding hydrogens is 174 g/mol. The molecule has 0 aromatic heterocycles.